The zero-order chi connectivity index (χ0) is 41.4. The highest BCUT2D eigenvalue weighted by molar-refractivity contribution is 6.14. The normalized spacial score (nSPS) is 14.8. The topological polar surface area (TPSA) is 72.5 Å². The lowest BCUT2D eigenvalue weighted by Gasteiger charge is -2.42. The summed E-state index contributed by atoms with van der Waals surface area (Å²) in [6.07, 6.45) is -17.6. The molecular formula is C28H17F20NO4. The number of esters is 1. The molecule has 0 aliphatic carbocycles. The van der Waals surface area contributed by atoms with Crippen molar-refractivity contribution in [2.45, 2.75) is 72.7 Å². The second-order valence-corrected chi connectivity index (χ2v) is 10.6. The van der Waals surface area contributed by atoms with E-state index in [-0.39, 0.29) is 0 Å². The molecule has 2 rings (SSSR count). The van der Waals surface area contributed by atoms with Crippen LogP contribution in [0.2, 0.25) is 0 Å². The van der Waals surface area contributed by atoms with Gasteiger partial charge < -0.3 is 10.1 Å². The van der Waals surface area contributed by atoms with Crippen LogP contribution in [0.15, 0.2) is 54.6 Å². The molecule has 1 atom stereocenters. The lowest BCUT2D eigenvalue weighted by atomic mass is 9.88. The lowest BCUT2D eigenvalue weighted by molar-refractivity contribution is -0.461. The Morgan fingerprint density at radius 1 is 0.547 bits per heavy atom. The number of amides is 1. The van der Waals surface area contributed by atoms with E-state index in [9.17, 15) is 102 Å². The van der Waals surface area contributed by atoms with Crippen LogP contribution in [0.3, 0.4) is 0 Å². The number of carbonyl (C=O) groups is 3. The van der Waals surface area contributed by atoms with Gasteiger partial charge in [-0.05, 0) is 30.7 Å². The van der Waals surface area contributed by atoms with Gasteiger partial charge in [0.05, 0.1) is 12.2 Å². The number of halogens is 20. The van der Waals surface area contributed by atoms with Crippen LogP contribution in [-0.4, -0.2) is 77.9 Å². The molecule has 2 aromatic carbocycles. The van der Waals surface area contributed by atoms with Crippen molar-refractivity contribution >= 4 is 17.7 Å². The maximum absolute atomic E-state index is 14.2. The summed E-state index contributed by atoms with van der Waals surface area (Å²) in [6.45, 7) is -1.72. The van der Waals surface area contributed by atoms with Gasteiger partial charge in [0, 0.05) is 17.5 Å². The highest BCUT2D eigenvalue weighted by Crippen LogP contribution is 2.64. The predicted molar refractivity (Wildman–Crippen MR) is 134 cm³/mol. The highest BCUT2D eigenvalue weighted by Gasteiger charge is 2.95. The molecule has 0 aliphatic heterocycles. The number of nitrogens with one attached hydrogen (secondary N) is 1. The summed E-state index contributed by atoms with van der Waals surface area (Å²) in [5, 5.41) is 1.70. The summed E-state index contributed by atoms with van der Waals surface area (Å²) in [5.41, 5.74) is -2.31. The lowest BCUT2D eigenvalue weighted by Crippen LogP contribution is -2.74. The minimum atomic E-state index is -8.80. The molecule has 1 amide bonds. The van der Waals surface area contributed by atoms with Crippen LogP contribution in [0.1, 0.15) is 39.1 Å². The van der Waals surface area contributed by atoms with Gasteiger partial charge in [-0.15, -0.1) is 0 Å². The van der Waals surface area contributed by atoms with E-state index in [0.717, 1.165) is 12.1 Å². The van der Waals surface area contributed by atoms with Gasteiger partial charge >= 0.3 is 59.8 Å². The van der Waals surface area contributed by atoms with Crippen LogP contribution >= 0.6 is 0 Å². The molecule has 0 fully saturated rings. The quantitative estimate of drug-likeness (QED) is 0.0641. The maximum atomic E-state index is 14.2. The van der Waals surface area contributed by atoms with E-state index >= 15 is 0 Å². The minimum absolute atomic E-state index is 0.390. The molecule has 53 heavy (non-hydrogen) atoms. The third-order valence-corrected chi connectivity index (χ3v) is 6.97. The fraction of sp³-hybridized carbons (Fsp3) is 0.464. The van der Waals surface area contributed by atoms with Gasteiger partial charge in [0.25, 0.3) is 5.91 Å². The van der Waals surface area contributed by atoms with Crippen molar-refractivity contribution in [3.8, 4) is 0 Å². The molecule has 0 saturated carbocycles. The van der Waals surface area contributed by atoms with E-state index in [1.165, 1.54) is 18.2 Å². The molecule has 298 valence electrons. The zero-order valence-electron chi connectivity index (χ0n) is 25.1. The predicted octanol–water partition coefficient (Wildman–Crippen LogP) is 9.02. The molecule has 1 unspecified atom stereocenters. The van der Waals surface area contributed by atoms with E-state index in [2.05, 4.69) is 4.74 Å². The van der Waals surface area contributed by atoms with Crippen molar-refractivity contribution in [3.05, 3.63) is 71.3 Å². The summed E-state index contributed by atoms with van der Waals surface area (Å²) in [4.78, 5) is 38.1. The second-order valence-electron chi connectivity index (χ2n) is 10.6. The second kappa shape index (κ2) is 14.5. The number of alkyl halides is 20. The minimum Gasteiger partial charge on any atom is -0.464 e. The maximum Gasteiger partial charge on any atom is 0.460 e. The highest BCUT2D eigenvalue weighted by atomic mass is 19.4. The Kier molecular flexibility index (Phi) is 12.2. The molecule has 0 spiro atoms. The van der Waals surface area contributed by atoms with Crippen LogP contribution in [0, 0.1) is 0 Å². The number of carbonyl (C=O) groups excluding carboxylic acids is 3. The van der Waals surface area contributed by atoms with Crippen molar-refractivity contribution in [2.75, 3.05) is 6.61 Å². The largest absolute Gasteiger partial charge is 0.464 e. The zero-order valence-corrected chi connectivity index (χ0v) is 25.1. The Morgan fingerprint density at radius 3 is 1.42 bits per heavy atom. The Hall–Kier alpha value is -4.35. The molecule has 0 saturated heterocycles. The molecule has 0 heterocycles. The molecular weight excluding hydrogens is 794 g/mol. The number of hydrogen-bond acceptors (Lipinski definition) is 4. The molecule has 0 radical (unpaired) electrons. The summed E-state index contributed by atoms with van der Waals surface area (Å²) in [6, 6.07) is 5.09. The van der Waals surface area contributed by atoms with Gasteiger partial charge in [-0.2, -0.15) is 87.8 Å². The van der Waals surface area contributed by atoms with Crippen LogP contribution in [0.5, 0.6) is 0 Å². The van der Waals surface area contributed by atoms with Gasteiger partial charge in [0.15, 0.2) is 11.8 Å². The molecule has 5 nitrogen and oxygen atoms in total. The fourth-order valence-corrected chi connectivity index (χ4v) is 3.93. The number of Topliss-reactive ketones (excluding diaryl/α,β-unsaturated/α-hetero) is 1. The van der Waals surface area contributed by atoms with Crippen molar-refractivity contribution in [3.63, 3.8) is 0 Å². The smallest absolute Gasteiger partial charge is 0.460 e. The molecule has 25 heteroatoms. The summed E-state index contributed by atoms with van der Waals surface area (Å²) in [7, 11) is 0. The Labute approximate surface area is 281 Å². The van der Waals surface area contributed by atoms with Gasteiger partial charge in [-0.3, -0.25) is 9.59 Å². The molecule has 0 bridgehead atoms. The van der Waals surface area contributed by atoms with Crippen LogP contribution in [0.4, 0.5) is 87.8 Å². The standard InChI is InChI=1S/C28H17F20NO4/c29-20(30,22(34,35)23(36,37)24(38,39)25(40,41)26(42,43)27(44,45)28(46,47)48)11-4-12-53-19(52)16(17(50)13-5-2-1-3-6-13)49-18(51)14-7-9-15(10-8-14)21(31,32)33/h1-3,5-10,16H,4,11-12H2,(H,49,51). The van der Waals surface area contributed by atoms with Gasteiger partial charge in [-0.1, -0.05) is 30.3 Å². The first-order valence-electron chi connectivity index (χ1n) is 13.6. The van der Waals surface area contributed by atoms with E-state index in [1.807, 2.05) is 0 Å². The number of hydrogen-bond donors (Lipinski definition) is 1. The van der Waals surface area contributed by atoms with Crippen molar-refractivity contribution < 1.29 is 107 Å². The fourth-order valence-electron chi connectivity index (χ4n) is 3.93. The van der Waals surface area contributed by atoms with E-state index < -0.39 is 114 Å². The number of rotatable bonds is 15. The number of benzene rings is 2. The van der Waals surface area contributed by atoms with Crippen LogP contribution in [0.25, 0.3) is 0 Å². The molecule has 1 N–H and O–H groups in total. The van der Waals surface area contributed by atoms with Crippen LogP contribution in [-0.2, 0) is 15.7 Å². The van der Waals surface area contributed by atoms with Crippen molar-refractivity contribution in [2.24, 2.45) is 0 Å². The summed E-state index contributed by atoms with van der Waals surface area (Å²) in [5.74, 6) is -62.6. The number of ketones is 1. The molecule has 2 aromatic rings. The average molecular weight is 811 g/mol. The average Bonchev–Trinajstić information content (AvgIpc) is 3.04. The SMILES string of the molecule is O=C(NC(C(=O)OCCCC(F)(F)C(F)(F)C(F)(F)C(F)(F)C(F)(F)C(F)(F)C(F)(F)C(F)(F)F)C(=O)c1ccccc1)c1ccc(C(F)(F)F)cc1. The first-order valence-corrected chi connectivity index (χ1v) is 13.6. The van der Waals surface area contributed by atoms with E-state index in [1.54, 1.807) is 5.32 Å². The van der Waals surface area contributed by atoms with E-state index in [0.29, 0.717) is 24.3 Å². The summed E-state index contributed by atoms with van der Waals surface area (Å²) < 4.78 is 271. The number of ether oxygens (including phenoxy) is 1. The summed E-state index contributed by atoms with van der Waals surface area (Å²) >= 11 is 0. The van der Waals surface area contributed by atoms with Gasteiger partial charge in [-0.25, -0.2) is 4.79 Å². The van der Waals surface area contributed by atoms with Crippen LogP contribution < -0.4 is 5.32 Å². The van der Waals surface area contributed by atoms with Crippen molar-refractivity contribution in [1.29, 1.82) is 0 Å². The Morgan fingerprint density at radius 2 is 0.981 bits per heavy atom. The Balaban J connectivity index is 2.29. The van der Waals surface area contributed by atoms with Crippen molar-refractivity contribution in [1.82, 2.24) is 5.32 Å². The first-order chi connectivity index (χ1) is 23.6. The molecule has 0 aromatic heterocycles. The van der Waals surface area contributed by atoms with Gasteiger partial charge in [0.2, 0.25) is 0 Å². The van der Waals surface area contributed by atoms with E-state index in [4.69, 9.17) is 0 Å². The molecule has 0 aliphatic rings. The third-order valence-electron chi connectivity index (χ3n) is 6.97. The first kappa shape index (κ1) is 44.8. The monoisotopic (exact) mass is 811 g/mol. The Bertz CT molecular complexity index is 1620. The third kappa shape index (κ3) is 8.11. The van der Waals surface area contributed by atoms with Gasteiger partial charge in [0.1, 0.15) is 0 Å².